The van der Waals surface area contributed by atoms with Crippen molar-refractivity contribution in [3.8, 4) is 0 Å². The molecule has 0 aliphatic heterocycles. The first-order valence-electron chi connectivity index (χ1n) is 8.48. The number of amides is 1. The van der Waals surface area contributed by atoms with Gasteiger partial charge in [-0.25, -0.2) is 4.79 Å². The second-order valence-corrected chi connectivity index (χ2v) is 6.21. The van der Waals surface area contributed by atoms with Gasteiger partial charge in [-0.3, -0.25) is 9.36 Å². The third kappa shape index (κ3) is 3.01. The predicted molar refractivity (Wildman–Crippen MR) is 97.9 cm³/mol. The molecule has 4 aromatic rings. The number of oxazole rings is 1. The second kappa shape index (κ2) is 6.55. The molecule has 2 aromatic heterocycles. The number of nitrogens with one attached hydrogen (secondary N) is 1. The van der Waals surface area contributed by atoms with Gasteiger partial charge in [0, 0.05) is 18.4 Å². The van der Waals surface area contributed by atoms with E-state index in [-0.39, 0.29) is 24.9 Å². The average Bonchev–Trinajstić information content (AvgIpc) is 3.20. The Morgan fingerprint density at radius 1 is 1.08 bits per heavy atom. The molecule has 132 valence electrons. The van der Waals surface area contributed by atoms with E-state index in [0.29, 0.717) is 16.9 Å². The van der Waals surface area contributed by atoms with Gasteiger partial charge in [0.1, 0.15) is 11.3 Å². The molecule has 2 aromatic carbocycles. The first kappa shape index (κ1) is 16.2. The minimum absolute atomic E-state index is 0.157. The van der Waals surface area contributed by atoms with Crippen LogP contribution < -0.4 is 11.1 Å². The van der Waals surface area contributed by atoms with E-state index in [2.05, 4.69) is 5.32 Å². The summed E-state index contributed by atoms with van der Waals surface area (Å²) in [6.45, 7) is 2.13. The SMILES string of the molecule is C[C@H](NC(=O)CCn1c(=O)oc2ccccc21)c1cc2ccccc2o1. The molecule has 0 aliphatic carbocycles. The van der Waals surface area contributed by atoms with Crippen LogP contribution in [0.4, 0.5) is 0 Å². The number of hydrogen-bond donors (Lipinski definition) is 1. The number of nitrogens with zero attached hydrogens (tertiary/aromatic N) is 1. The summed E-state index contributed by atoms with van der Waals surface area (Å²) >= 11 is 0. The first-order chi connectivity index (χ1) is 12.6. The Bertz CT molecular complexity index is 1100. The van der Waals surface area contributed by atoms with E-state index in [0.717, 1.165) is 11.0 Å². The van der Waals surface area contributed by atoms with Gasteiger partial charge in [-0.15, -0.1) is 0 Å². The Morgan fingerprint density at radius 3 is 2.62 bits per heavy atom. The van der Waals surface area contributed by atoms with Gasteiger partial charge in [0.25, 0.3) is 0 Å². The van der Waals surface area contributed by atoms with Crippen molar-refractivity contribution in [2.24, 2.45) is 0 Å². The quantitative estimate of drug-likeness (QED) is 0.596. The highest BCUT2D eigenvalue weighted by Crippen LogP contribution is 2.23. The molecule has 1 atom stereocenters. The van der Waals surface area contributed by atoms with Crippen molar-refractivity contribution in [3.05, 3.63) is 70.9 Å². The van der Waals surface area contributed by atoms with Crippen molar-refractivity contribution < 1.29 is 13.6 Å². The molecule has 4 rings (SSSR count). The molecule has 2 heterocycles. The fourth-order valence-corrected chi connectivity index (χ4v) is 3.04. The highest BCUT2D eigenvalue weighted by Gasteiger charge is 2.15. The summed E-state index contributed by atoms with van der Waals surface area (Å²) in [5.74, 6) is 0.0879. The smallest absolute Gasteiger partial charge is 0.419 e. The minimum Gasteiger partial charge on any atom is -0.459 e. The fraction of sp³-hybridized carbons (Fsp3) is 0.200. The maximum Gasteiger partial charge on any atom is 0.419 e. The molecule has 1 N–H and O–H groups in total. The summed E-state index contributed by atoms with van der Waals surface area (Å²) in [6, 6.07) is 16.5. The Labute approximate surface area is 149 Å². The van der Waals surface area contributed by atoms with Gasteiger partial charge >= 0.3 is 5.76 Å². The van der Waals surface area contributed by atoms with Gasteiger partial charge in [0.2, 0.25) is 5.91 Å². The van der Waals surface area contributed by atoms with E-state index in [4.69, 9.17) is 8.83 Å². The summed E-state index contributed by atoms with van der Waals surface area (Å²) in [7, 11) is 0. The van der Waals surface area contributed by atoms with Gasteiger partial charge in [0.15, 0.2) is 5.58 Å². The van der Waals surface area contributed by atoms with E-state index in [1.54, 1.807) is 18.2 Å². The van der Waals surface area contributed by atoms with E-state index in [1.807, 2.05) is 43.3 Å². The van der Waals surface area contributed by atoms with Crippen molar-refractivity contribution >= 4 is 28.0 Å². The van der Waals surface area contributed by atoms with Crippen LogP contribution in [0.3, 0.4) is 0 Å². The van der Waals surface area contributed by atoms with Crippen LogP contribution in [0.25, 0.3) is 22.1 Å². The van der Waals surface area contributed by atoms with E-state index in [1.165, 1.54) is 4.57 Å². The third-order valence-electron chi connectivity index (χ3n) is 4.39. The van der Waals surface area contributed by atoms with Crippen LogP contribution in [-0.2, 0) is 11.3 Å². The standard InChI is InChI=1S/C20H18N2O4/c1-13(18-12-14-6-2-4-8-16(14)25-18)21-19(23)10-11-22-15-7-3-5-9-17(15)26-20(22)24/h2-9,12-13H,10-11H2,1H3,(H,21,23)/t13-/m0/s1. The fourth-order valence-electron chi connectivity index (χ4n) is 3.04. The summed E-state index contributed by atoms with van der Waals surface area (Å²) in [5, 5.41) is 3.91. The highest BCUT2D eigenvalue weighted by atomic mass is 16.4. The van der Waals surface area contributed by atoms with Gasteiger partial charge in [0.05, 0.1) is 11.6 Å². The number of carbonyl (C=O) groups is 1. The van der Waals surface area contributed by atoms with Crippen LogP contribution in [0.5, 0.6) is 0 Å². The third-order valence-corrected chi connectivity index (χ3v) is 4.39. The zero-order chi connectivity index (χ0) is 18.1. The van der Waals surface area contributed by atoms with E-state index >= 15 is 0 Å². The molecule has 1 amide bonds. The molecule has 0 aliphatic rings. The summed E-state index contributed by atoms with van der Waals surface area (Å²) in [5.41, 5.74) is 2.00. The van der Waals surface area contributed by atoms with Crippen molar-refractivity contribution in [1.82, 2.24) is 9.88 Å². The Hall–Kier alpha value is -3.28. The molecule has 6 nitrogen and oxygen atoms in total. The number of rotatable bonds is 5. The van der Waals surface area contributed by atoms with E-state index < -0.39 is 5.76 Å². The van der Waals surface area contributed by atoms with Crippen LogP contribution >= 0.6 is 0 Å². The van der Waals surface area contributed by atoms with Crippen molar-refractivity contribution in [2.75, 3.05) is 0 Å². The predicted octanol–water partition coefficient (Wildman–Crippen LogP) is 3.61. The molecule has 0 unspecified atom stereocenters. The summed E-state index contributed by atoms with van der Waals surface area (Å²) in [6.07, 6.45) is 0.175. The maximum absolute atomic E-state index is 12.3. The lowest BCUT2D eigenvalue weighted by atomic mass is 10.2. The van der Waals surface area contributed by atoms with Gasteiger partial charge in [-0.05, 0) is 31.2 Å². The molecule has 0 spiro atoms. The molecular weight excluding hydrogens is 332 g/mol. The molecule has 0 saturated carbocycles. The van der Waals surface area contributed by atoms with Gasteiger partial charge < -0.3 is 14.2 Å². The molecule has 26 heavy (non-hydrogen) atoms. The van der Waals surface area contributed by atoms with Crippen molar-refractivity contribution in [3.63, 3.8) is 0 Å². The molecule has 0 bridgehead atoms. The molecular formula is C20H18N2O4. The minimum atomic E-state index is -0.454. The number of furan rings is 1. The number of aromatic nitrogens is 1. The topological polar surface area (TPSA) is 77.4 Å². The Balaban J connectivity index is 1.43. The molecule has 0 fully saturated rings. The number of fused-ring (bicyclic) bond motifs is 2. The van der Waals surface area contributed by atoms with Gasteiger partial charge in [-0.2, -0.15) is 0 Å². The molecule has 0 radical (unpaired) electrons. The second-order valence-electron chi connectivity index (χ2n) is 6.21. The van der Waals surface area contributed by atoms with Crippen LogP contribution in [-0.4, -0.2) is 10.5 Å². The normalized spacial score (nSPS) is 12.5. The molecule has 0 saturated heterocycles. The average molecular weight is 350 g/mol. The lowest BCUT2D eigenvalue weighted by Crippen LogP contribution is -2.28. The number of benzene rings is 2. The number of aryl methyl sites for hydroxylation is 1. The van der Waals surface area contributed by atoms with Gasteiger partial charge in [-0.1, -0.05) is 30.3 Å². The largest absolute Gasteiger partial charge is 0.459 e. The zero-order valence-corrected chi connectivity index (χ0v) is 14.3. The van der Waals surface area contributed by atoms with E-state index in [9.17, 15) is 9.59 Å². The monoisotopic (exact) mass is 350 g/mol. The summed E-state index contributed by atoms with van der Waals surface area (Å²) < 4.78 is 12.4. The Kier molecular flexibility index (Phi) is 4.08. The summed E-state index contributed by atoms with van der Waals surface area (Å²) in [4.78, 5) is 24.2. The lowest BCUT2D eigenvalue weighted by Gasteiger charge is -2.11. The van der Waals surface area contributed by atoms with Crippen molar-refractivity contribution in [2.45, 2.75) is 25.9 Å². The molecule has 6 heteroatoms. The van der Waals surface area contributed by atoms with Crippen LogP contribution in [0.1, 0.15) is 25.1 Å². The number of carbonyl (C=O) groups excluding carboxylic acids is 1. The number of para-hydroxylation sites is 3. The number of hydrogen-bond acceptors (Lipinski definition) is 4. The van der Waals surface area contributed by atoms with Crippen molar-refractivity contribution in [1.29, 1.82) is 0 Å². The zero-order valence-electron chi connectivity index (χ0n) is 14.3. The lowest BCUT2D eigenvalue weighted by molar-refractivity contribution is -0.122. The highest BCUT2D eigenvalue weighted by molar-refractivity contribution is 5.79. The van der Waals surface area contributed by atoms with Crippen LogP contribution in [0, 0.1) is 0 Å². The Morgan fingerprint density at radius 2 is 1.81 bits per heavy atom. The maximum atomic E-state index is 12.3. The van der Waals surface area contributed by atoms with Crippen LogP contribution in [0.2, 0.25) is 0 Å². The van der Waals surface area contributed by atoms with Crippen LogP contribution in [0.15, 0.2) is 68.2 Å². The first-order valence-corrected chi connectivity index (χ1v) is 8.48.